The minimum Gasteiger partial charge on any atom is -0.473 e. The first kappa shape index (κ1) is 23.1. The van der Waals surface area contributed by atoms with Gasteiger partial charge >= 0.3 is 6.18 Å². The Morgan fingerprint density at radius 3 is 1.91 bits per heavy atom. The van der Waals surface area contributed by atoms with Crippen molar-refractivity contribution in [1.29, 1.82) is 0 Å². The number of alkyl halides is 3. The molecule has 0 aliphatic rings. The van der Waals surface area contributed by atoms with Crippen LogP contribution in [0.1, 0.15) is 22.3 Å². The van der Waals surface area contributed by atoms with Crippen molar-refractivity contribution in [2.75, 3.05) is 0 Å². The van der Waals surface area contributed by atoms with Crippen LogP contribution < -0.4 is 9.47 Å². The van der Waals surface area contributed by atoms with Crippen molar-refractivity contribution in [3.63, 3.8) is 0 Å². The second-order valence-electron chi connectivity index (χ2n) is 7.55. The number of benzene rings is 3. The molecule has 0 unspecified atom stereocenters. The summed E-state index contributed by atoms with van der Waals surface area (Å²) in [6.45, 7) is 4.26. The highest BCUT2D eigenvalue weighted by Gasteiger charge is 2.31. The topological polar surface area (TPSA) is 31.4 Å². The zero-order valence-electron chi connectivity index (χ0n) is 18.3. The van der Waals surface area contributed by atoms with Crippen molar-refractivity contribution in [2.45, 2.75) is 19.4 Å². The number of aromatic nitrogens is 1. The Kier molecular flexibility index (Phi) is 6.97. The van der Waals surface area contributed by atoms with Crippen molar-refractivity contribution >= 4 is 6.08 Å². The highest BCUT2D eigenvalue weighted by atomic mass is 19.4. The number of hydrogen-bond acceptors (Lipinski definition) is 3. The van der Waals surface area contributed by atoms with Crippen LogP contribution in [0.2, 0.25) is 0 Å². The summed E-state index contributed by atoms with van der Waals surface area (Å²) in [6.07, 6.45) is -3.05. The molecular weight excluding hydrogens is 439 g/mol. The Bertz CT molecular complexity index is 1260. The van der Waals surface area contributed by atoms with E-state index in [0.717, 1.165) is 23.3 Å². The lowest BCUT2D eigenvalue weighted by atomic mass is 9.98. The molecule has 1 heterocycles. The number of hydrogen-bond donors (Lipinski definition) is 0. The van der Waals surface area contributed by atoms with E-state index >= 15 is 0 Å². The molecule has 3 aromatic carbocycles. The first-order chi connectivity index (χ1) is 16.4. The van der Waals surface area contributed by atoms with Gasteiger partial charge in [-0.1, -0.05) is 79.4 Å². The van der Waals surface area contributed by atoms with Crippen LogP contribution in [-0.4, -0.2) is 4.98 Å². The van der Waals surface area contributed by atoms with E-state index in [0.29, 0.717) is 29.2 Å². The van der Waals surface area contributed by atoms with Gasteiger partial charge in [-0.25, -0.2) is 0 Å². The number of halogens is 3. The summed E-state index contributed by atoms with van der Waals surface area (Å²) < 4.78 is 51.5. The molecule has 0 saturated heterocycles. The van der Waals surface area contributed by atoms with Crippen LogP contribution in [0.25, 0.3) is 17.2 Å². The first-order valence-corrected chi connectivity index (χ1v) is 10.6. The van der Waals surface area contributed by atoms with Crippen molar-refractivity contribution in [3.8, 4) is 22.9 Å². The van der Waals surface area contributed by atoms with E-state index in [1.54, 1.807) is 12.1 Å². The SMILES string of the molecule is C=Cc1cc(C(F)(F)F)ccc1-c1ccc(OCc2ccccc2)nc1OCc1ccccc1. The van der Waals surface area contributed by atoms with Gasteiger partial charge in [0, 0.05) is 11.6 Å². The van der Waals surface area contributed by atoms with E-state index in [-0.39, 0.29) is 12.5 Å². The van der Waals surface area contributed by atoms with Gasteiger partial charge in [0.05, 0.1) is 5.56 Å². The summed E-state index contributed by atoms with van der Waals surface area (Å²) in [7, 11) is 0. The summed E-state index contributed by atoms with van der Waals surface area (Å²) >= 11 is 0. The van der Waals surface area contributed by atoms with E-state index in [1.165, 1.54) is 12.1 Å². The van der Waals surface area contributed by atoms with Crippen LogP contribution in [0.3, 0.4) is 0 Å². The fourth-order valence-electron chi connectivity index (χ4n) is 3.43. The van der Waals surface area contributed by atoms with Crippen LogP contribution >= 0.6 is 0 Å². The molecule has 172 valence electrons. The van der Waals surface area contributed by atoms with E-state index in [1.807, 2.05) is 60.7 Å². The minimum atomic E-state index is -4.45. The summed E-state index contributed by atoms with van der Waals surface area (Å²) in [5, 5.41) is 0. The minimum absolute atomic E-state index is 0.243. The lowest BCUT2D eigenvalue weighted by molar-refractivity contribution is -0.137. The molecule has 0 bridgehead atoms. The molecule has 3 nitrogen and oxygen atoms in total. The molecule has 0 spiro atoms. The van der Waals surface area contributed by atoms with E-state index in [4.69, 9.17) is 9.47 Å². The number of nitrogens with zero attached hydrogens (tertiary/aromatic N) is 1. The predicted molar refractivity (Wildman–Crippen MR) is 126 cm³/mol. The molecule has 4 rings (SSSR count). The zero-order valence-corrected chi connectivity index (χ0v) is 18.3. The second kappa shape index (κ2) is 10.3. The Morgan fingerprint density at radius 1 is 0.735 bits per heavy atom. The van der Waals surface area contributed by atoms with Gasteiger partial charge in [-0.05, 0) is 40.5 Å². The summed E-state index contributed by atoms with van der Waals surface area (Å²) in [5.41, 5.74) is 2.59. The third kappa shape index (κ3) is 5.64. The van der Waals surface area contributed by atoms with Gasteiger partial charge in [-0.2, -0.15) is 18.2 Å². The average molecular weight is 461 g/mol. The van der Waals surface area contributed by atoms with Crippen LogP contribution in [-0.2, 0) is 19.4 Å². The van der Waals surface area contributed by atoms with Crippen molar-refractivity contribution in [3.05, 3.63) is 120 Å². The highest BCUT2D eigenvalue weighted by molar-refractivity contribution is 5.78. The summed E-state index contributed by atoms with van der Waals surface area (Å²) in [6, 6.07) is 26.2. The van der Waals surface area contributed by atoms with Gasteiger partial charge in [0.1, 0.15) is 13.2 Å². The molecule has 4 aromatic rings. The molecule has 0 aliphatic carbocycles. The van der Waals surface area contributed by atoms with Crippen molar-refractivity contribution in [1.82, 2.24) is 4.98 Å². The molecule has 0 radical (unpaired) electrons. The molecule has 0 aliphatic heterocycles. The molecular formula is C28H22F3NO2. The van der Waals surface area contributed by atoms with E-state index < -0.39 is 11.7 Å². The molecule has 0 N–H and O–H groups in total. The van der Waals surface area contributed by atoms with Gasteiger partial charge in [0.15, 0.2) is 0 Å². The maximum Gasteiger partial charge on any atom is 0.416 e. The van der Waals surface area contributed by atoms with Gasteiger partial charge in [-0.15, -0.1) is 0 Å². The molecule has 1 aromatic heterocycles. The second-order valence-corrected chi connectivity index (χ2v) is 7.55. The predicted octanol–water partition coefficient (Wildman–Crippen LogP) is 7.57. The third-order valence-electron chi connectivity index (χ3n) is 5.17. The normalized spacial score (nSPS) is 11.1. The largest absolute Gasteiger partial charge is 0.473 e. The van der Waals surface area contributed by atoms with Crippen LogP contribution in [0.5, 0.6) is 11.8 Å². The molecule has 0 amide bonds. The average Bonchev–Trinajstić information content (AvgIpc) is 2.86. The third-order valence-corrected chi connectivity index (χ3v) is 5.17. The maximum absolute atomic E-state index is 13.2. The van der Waals surface area contributed by atoms with E-state index in [9.17, 15) is 13.2 Å². The van der Waals surface area contributed by atoms with Gasteiger partial charge in [0.25, 0.3) is 0 Å². The fraction of sp³-hybridized carbons (Fsp3) is 0.107. The van der Waals surface area contributed by atoms with Crippen LogP contribution in [0.15, 0.2) is 97.6 Å². The van der Waals surface area contributed by atoms with Crippen molar-refractivity contribution < 1.29 is 22.6 Å². The Morgan fingerprint density at radius 2 is 1.32 bits per heavy atom. The number of pyridine rings is 1. The number of rotatable bonds is 8. The Balaban J connectivity index is 1.68. The lowest BCUT2D eigenvalue weighted by Gasteiger charge is -2.16. The lowest BCUT2D eigenvalue weighted by Crippen LogP contribution is -2.06. The van der Waals surface area contributed by atoms with Crippen molar-refractivity contribution in [2.24, 2.45) is 0 Å². The van der Waals surface area contributed by atoms with Gasteiger partial charge in [-0.3, -0.25) is 0 Å². The standard InChI is InChI=1S/C28H22F3NO2/c1-2-22-17-23(28(29,30)31)13-14-24(22)25-15-16-26(33-18-20-9-5-3-6-10-20)32-27(25)34-19-21-11-7-4-8-12-21/h2-17H,1,18-19H2. The quantitative estimate of drug-likeness (QED) is 0.271. The molecule has 0 fully saturated rings. The Hall–Kier alpha value is -4.06. The highest BCUT2D eigenvalue weighted by Crippen LogP contribution is 2.37. The van der Waals surface area contributed by atoms with Crippen LogP contribution in [0, 0.1) is 0 Å². The fourth-order valence-corrected chi connectivity index (χ4v) is 3.43. The summed E-state index contributed by atoms with van der Waals surface area (Å²) in [4.78, 5) is 4.52. The summed E-state index contributed by atoms with van der Waals surface area (Å²) in [5.74, 6) is 0.611. The molecule has 6 heteroatoms. The molecule has 0 saturated carbocycles. The monoisotopic (exact) mass is 461 g/mol. The molecule has 0 atom stereocenters. The zero-order chi connectivity index (χ0) is 24.0. The van der Waals surface area contributed by atoms with Crippen LogP contribution in [0.4, 0.5) is 13.2 Å². The van der Waals surface area contributed by atoms with Gasteiger partial charge in [0.2, 0.25) is 11.8 Å². The maximum atomic E-state index is 13.2. The van der Waals surface area contributed by atoms with Gasteiger partial charge < -0.3 is 9.47 Å². The van der Waals surface area contributed by atoms with E-state index in [2.05, 4.69) is 11.6 Å². The number of ether oxygens (including phenoxy) is 2. The molecule has 34 heavy (non-hydrogen) atoms. The first-order valence-electron chi connectivity index (χ1n) is 10.6. The smallest absolute Gasteiger partial charge is 0.416 e. The Labute approximate surface area is 196 Å².